The Labute approximate surface area is 114 Å². The molecule has 1 amide bonds. The molecule has 0 aliphatic rings. The van der Waals surface area contributed by atoms with Crippen molar-refractivity contribution in [1.29, 1.82) is 0 Å². The highest BCUT2D eigenvalue weighted by Crippen LogP contribution is 2.08. The largest absolute Gasteiger partial charge is 0.480 e. The third-order valence-electron chi connectivity index (χ3n) is 2.33. The third-order valence-corrected chi connectivity index (χ3v) is 3.04. The second-order valence-electron chi connectivity index (χ2n) is 4.04. The zero-order valence-electron chi connectivity index (χ0n) is 9.61. The summed E-state index contributed by atoms with van der Waals surface area (Å²) in [6.07, 6.45) is 0. The monoisotopic (exact) mass is 347 g/mol. The van der Waals surface area contributed by atoms with Crippen LogP contribution in [0.15, 0.2) is 24.3 Å². The summed E-state index contributed by atoms with van der Waals surface area (Å²) in [5.41, 5.74) is 0.470. The van der Waals surface area contributed by atoms with Gasteiger partial charge in [0.25, 0.3) is 5.91 Å². The van der Waals surface area contributed by atoms with E-state index in [1.54, 1.807) is 38.1 Å². The van der Waals surface area contributed by atoms with Gasteiger partial charge < -0.3 is 10.4 Å². The number of hydrogen-bond acceptors (Lipinski definition) is 2. The number of halogens is 1. The van der Waals surface area contributed by atoms with Crippen LogP contribution in [0.25, 0.3) is 0 Å². The molecule has 17 heavy (non-hydrogen) atoms. The lowest BCUT2D eigenvalue weighted by molar-refractivity contribution is -0.140. The van der Waals surface area contributed by atoms with Crippen LogP contribution in [0.5, 0.6) is 0 Å². The van der Waals surface area contributed by atoms with Gasteiger partial charge in [0.15, 0.2) is 0 Å². The van der Waals surface area contributed by atoms with Crippen molar-refractivity contribution in [3.63, 3.8) is 0 Å². The second kappa shape index (κ2) is 6.00. The minimum atomic E-state index is -1.01. The summed E-state index contributed by atoms with van der Waals surface area (Å²) >= 11 is 2.14. The standard InChI is InChI=1S/C12H14INO3/c1-7(2)10(12(16)17)14-11(15)8-3-5-9(13)6-4-8/h3-7,10H,1-2H3,(H,14,15)(H,16,17). The maximum Gasteiger partial charge on any atom is 0.326 e. The van der Waals surface area contributed by atoms with Gasteiger partial charge in [0.1, 0.15) is 6.04 Å². The molecule has 2 N–H and O–H groups in total. The first-order valence-corrected chi connectivity index (χ1v) is 6.29. The van der Waals surface area contributed by atoms with E-state index in [2.05, 4.69) is 27.9 Å². The number of carbonyl (C=O) groups excluding carboxylic acids is 1. The number of nitrogens with one attached hydrogen (secondary N) is 1. The van der Waals surface area contributed by atoms with Crippen molar-refractivity contribution in [2.75, 3.05) is 0 Å². The van der Waals surface area contributed by atoms with E-state index in [0.29, 0.717) is 5.56 Å². The number of carboxylic acids is 1. The van der Waals surface area contributed by atoms with Crippen molar-refractivity contribution in [1.82, 2.24) is 5.32 Å². The minimum absolute atomic E-state index is 0.153. The Morgan fingerprint density at radius 1 is 1.24 bits per heavy atom. The molecule has 0 heterocycles. The van der Waals surface area contributed by atoms with E-state index in [0.717, 1.165) is 3.57 Å². The van der Waals surface area contributed by atoms with Gasteiger partial charge in [0, 0.05) is 9.13 Å². The van der Waals surface area contributed by atoms with E-state index in [9.17, 15) is 9.59 Å². The zero-order valence-corrected chi connectivity index (χ0v) is 11.8. The van der Waals surface area contributed by atoms with Gasteiger partial charge in [-0.3, -0.25) is 4.79 Å². The van der Waals surface area contributed by atoms with Crippen LogP contribution < -0.4 is 5.32 Å². The molecule has 92 valence electrons. The third kappa shape index (κ3) is 3.99. The number of rotatable bonds is 4. The fourth-order valence-electron chi connectivity index (χ4n) is 1.34. The van der Waals surface area contributed by atoms with E-state index in [1.165, 1.54) is 0 Å². The summed E-state index contributed by atoms with van der Waals surface area (Å²) in [6.45, 7) is 3.51. The summed E-state index contributed by atoms with van der Waals surface area (Å²) in [6, 6.07) is 6.11. The van der Waals surface area contributed by atoms with Crippen LogP contribution in [-0.2, 0) is 4.79 Å². The van der Waals surface area contributed by atoms with Gasteiger partial charge in [-0.25, -0.2) is 4.79 Å². The quantitative estimate of drug-likeness (QED) is 0.820. The fourth-order valence-corrected chi connectivity index (χ4v) is 1.70. The highest BCUT2D eigenvalue weighted by Gasteiger charge is 2.23. The highest BCUT2D eigenvalue weighted by atomic mass is 127. The van der Waals surface area contributed by atoms with Gasteiger partial charge in [-0.2, -0.15) is 0 Å². The summed E-state index contributed by atoms with van der Waals surface area (Å²) < 4.78 is 1.03. The first kappa shape index (κ1) is 14.0. The van der Waals surface area contributed by atoms with Crippen LogP contribution in [0.3, 0.4) is 0 Å². The molecule has 4 nitrogen and oxygen atoms in total. The Morgan fingerprint density at radius 2 is 1.76 bits per heavy atom. The van der Waals surface area contributed by atoms with E-state index < -0.39 is 12.0 Å². The first-order chi connectivity index (χ1) is 7.91. The van der Waals surface area contributed by atoms with Gasteiger partial charge in [0.05, 0.1) is 0 Å². The predicted octanol–water partition coefficient (Wildman–Crippen LogP) is 2.13. The summed E-state index contributed by atoms with van der Waals surface area (Å²) in [5.74, 6) is -1.53. The van der Waals surface area contributed by atoms with Crippen molar-refractivity contribution < 1.29 is 14.7 Å². The maximum absolute atomic E-state index is 11.8. The van der Waals surface area contributed by atoms with E-state index in [-0.39, 0.29) is 11.8 Å². The second-order valence-corrected chi connectivity index (χ2v) is 5.29. The molecule has 0 aliphatic heterocycles. The van der Waals surface area contributed by atoms with Crippen molar-refractivity contribution in [3.05, 3.63) is 33.4 Å². The van der Waals surface area contributed by atoms with Crippen LogP contribution in [0.4, 0.5) is 0 Å². The molecular formula is C12H14INO3. The average Bonchev–Trinajstić information content (AvgIpc) is 2.25. The van der Waals surface area contributed by atoms with Crippen molar-refractivity contribution >= 4 is 34.5 Å². The van der Waals surface area contributed by atoms with Gasteiger partial charge in [0.2, 0.25) is 0 Å². The number of carbonyl (C=O) groups is 2. The van der Waals surface area contributed by atoms with Gasteiger partial charge in [-0.15, -0.1) is 0 Å². The highest BCUT2D eigenvalue weighted by molar-refractivity contribution is 14.1. The minimum Gasteiger partial charge on any atom is -0.480 e. The fraction of sp³-hybridized carbons (Fsp3) is 0.333. The van der Waals surface area contributed by atoms with Crippen LogP contribution in [0, 0.1) is 9.49 Å². The lowest BCUT2D eigenvalue weighted by Gasteiger charge is -2.17. The average molecular weight is 347 g/mol. The van der Waals surface area contributed by atoms with Gasteiger partial charge in [-0.1, -0.05) is 13.8 Å². The van der Waals surface area contributed by atoms with E-state index in [4.69, 9.17) is 5.11 Å². The number of aliphatic carboxylic acids is 1. The molecule has 1 atom stereocenters. The molecule has 0 aliphatic carbocycles. The Morgan fingerprint density at radius 3 is 2.18 bits per heavy atom. The van der Waals surface area contributed by atoms with Crippen molar-refractivity contribution in [3.8, 4) is 0 Å². The van der Waals surface area contributed by atoms with Gasteiger partial charge in [-0.05, 0) is 52.8 Å². The van der Waals surface area contributed by atoms with Gasteiger partial charge >= 0.3 is 5.97 Å². The Balaban J connectivity index is 2.77. The van der Waals surface area contributed by atoms with E-state index >= 15 is 0 Å². The van der Waals surface area contributed by atoms with Crippen molar-refractivity contribution in [2.24, 2.45) is 5.92 Å². The molecule has 0 saturated carbocycles. The molecular weight excluding hydrogens is 333 g/mol. The molecule has 0 aromatic heterocycles. The van der Waals surface area contributed by atoms with Crippen LogP contribution in [-0.4, -0.2) is 23.0 Å². The number of benzene rings is 1. The number of hydrogen-bond donors (Lipinski definition) is 2. The smallest absolute Gasteiger partial charge is 0.326 e. The molecule has 0 bridgehead atoms. The topological polar surface area (TPSA) is 66.4 Å². The molecule has 1 unspecified atom stereocenters. The molecule has 1 rings (SSSR count). The molecule has 1 aromatic carbocycles. The Kier molecular flexibility index (Phi) is 4.92. The summed E-state index contributed by atoms with van der Waals surface area (Å²) in [4.78, 5) is 22.7. The first-order valence-electron chi connectivity index (χ1n) is 5.21. The van der Waals surface area contributed by atoms with Crippen molar-refractivity contribution in [2.45, 2.75) is 19.9 Å². The molecule has 0 saturated heterocycles. The lowest BCUT2D eigenvalue weighted by atomic mass is 10.0. The molecule has 1 aromatic rings. The van der Waals surface area contributed by atoms with Crippen LogP contribution in [0.1, 0.15) is 24.2 Å². The molecule has 0 fully saturated rings. The molecule has 0 spiro atoms. The predicted molar refractivity (Wildman–Crippen MR) is 72.9 cm³/mol. The van der Waals surface area contributed by atoms with Crippen LogP contribution >= 0.6 is 22.6 Å². The zero-order chi connectivity index (χ0) is 13.0. The summed E-state index contributed by atoms with van der Waals surface area (Å²) in [5, 5.41) is 11.5. The molecule has 0 radical (unpaired) electrons. The number of amides is 1. The maximum atomic E-state index is 11.8. The lowest BCUT2D eigenvalue weighted by Crippen LogP contribution is -2.44. The van der Waals surface area contributed by atoms with Crippen LogP contribution in [0.2, 0.25) is 0 Å². The molecule has 5 heteroatoms. The Hall–Kier alpha value is -1.11. The number of carboxylic acid groups (broad SMARTS) is 1. The Bertz CT molecular complexity index is 414. The summed E-state index contributed by atoms with van der Waals surface area (Å²) in [7, 11) is 0. The van der Waals surface area contributed by atoms with E-state index in [1.807, 2.05) is 0 Å². The normalized spacial score (nSPS) is 12.2. The SMILES string of the molecule is CC(C)C(NC(=O)c1ccc(I)cc1)C(=O)O.